The maximum atomic E-state index is 5.41. The first-order valence-corrected chi connectivity index (χ1v) is 6.86. The Morgan fingerprint density at radius 1 is 1.47 bits per heavy atom. The van der Waals surface area contributed by atoms with Crippen molar-refractivity contribution in [2.75, 3.05) is 13.2 Å². The second kappa shape index (κ2) is 7.54. The fourth-order valence-electron chi connectivity index (χ4n) is 2.12. The lowest BCUT2D eigenvalue weighted by molar-refractivity contribution is 0.191. The third-order valence-corrected chi connectivity index (χ3v) is 3.11. The normalized spacial score (nSPS) is 22.3. The molecule has 0 bridgehead atoms. The molecule has 0 amide bonds. The summed E-state index contributed by atoms with van der Waals surface area (Å²) < 4.78 is 5.41. The van der Waals surface area contributed by atoms with Crippen LogP contribution in [-0.4, -0.2) is 19.3 Å². The van der Waals surface area contributed by atoms with E-state index in [1.807, 2.05) is 0 Å². The van der Waals surface area contributed by atoms with E-state index in [9.17, 15) is 0 Å². The zero-order chi connectivity index (χ0) is 12.7. The minimum Gasteiger partial charge on any atom is -0.383 e. The van der Waals surface area contributed by atoms with E-state index in [4.69, 9.17) is 4.74 Å². The minimum atomic E-state index is 0.502. The van der Waals surface area contributed by atoms with Crippen LogP contribution in [0, 0.1) is 5.92 Å². The number of unbranched alkanes of at least 4 members (excludes halogenated alkanes) is 1. The van der Waals surface area contributed by atoms with Crippen molar-refractivity contribution >= 4 is 0 Å². The fraction of sp³-hybridized carbons (Fsp3) is 0.733. The number of hydrogen-bond donors (Lipinski definition) is 1. The molecule has 0 aliphatic carbocycles. The Morgan fingerprint density at radius 2 is 2.24 bits per heavy atom. The molecular weight excluding hydrogens is 210 g/mol. The molecule has 0 radical (unpaired) electrons. The SMILES string of the molecule is CCC/C=C\C(C)=C(/NC1CCOC1)C(C)C. The van der Waals surface area contributed by atoms with Gasteiger partial charge in [-0.25, -0.2) is 0 Å². The van der Waals surface area contributed by atoms with Crippen LogP contribution in [0.5, 0.6) is 0 Å². The molecule has 98 valence electrons. The molecule has 1 aliphatic heterocycles. The van der Waals surface area contributed by atoms with Crippen LogP contribution >= 0.6 is 0 Å². The summed E-state index contributed by atoms with van der Waals surface area (Å²) in [4.78, 5) is 0. The smallest absolute Gasteiger partial charge is 0.0668 e. The van der Waals surface area contributed by atoms with E-state index in [0.717, 1.165) is 26.1 Å². The first-order valence-electron chi connectivity index (χ1n) is 6.86. The Labute approximate surface area is 106 Å². The molecule has 1 atom stereocenters. The number of nitrogens with one attached hydrogen (secondary N) is 1. The van der Waals surface area contributed by atoms with E-state index in [0.29, 0.717) is 12.0 Å². The van der Waals surface area contributed by atoms with Crippen LogP contribution in [0.25, 0.3) is 0 Å². The standard InChI is InChI=1S/C15H27NO/c1-5-6-7-8-13(4)15(12(2)3)16-14-9-10-17-11-14/h7-8,12,14,16H,5-6,9-11H2,1-4H3/b8-7-,15-13-. The molecule has 17 heavy (non-hydrogen) atoms. The summed E-state index contributed by atoms with van der Waals surface area (Å²) in [6, 6.07) is 0.502. The van der Waals surface area contributed by atoms with Crippen molar-refractivity contribution in [3.63, 3.8) is 0 Å². The van der Waals surface area contributed by atoms with Gasteiger partial charge in [0.25, 0.3) is 0 Å². The summed E-state index contributed by atoms with van der Waals surface area (Å²) in [5.41, 5.74) is 2.73. The highest BCUT2D eigenvalue weighted by atomic mass is 16.5. The molecule has 1 rings (SSSR count). The highest BCUT2D eigenvalue weighted by Crippen LogP contribution is 2.16. The van der Waals surface area contributed by atoms with Gasteiger partial charge in [-0.15, -0.1) is 0 Å². The fourth-order valence-corrected chi connectivity index (χ4v) is 2.12. The van der Waals surface area contributed by atoms with Crippen LogP contribution in [0.3, 0.4) is 0 Å². The van der Waals surface area contributed by atoms with Gasteiger partial charge in [0.15, 0.2) is 0 Å². The maximum Gasteiger partial charge on any atom is 0.0668 e. The third kappa shape index (κ3) is 4.95. The molecule has 1 aliphatic rings. The molecule has 0 aromatic rings. The zero-order valence-corrected chi connectivity index (χ0v) is 11.8. The summed E-state index contributed by atoms with van der Waals surface area (Å²) in [6.45, 7) is 10.6. The molecule has 1 fully saturated rings. The summed E-state index contributed by atoms with van der Waals surface area (Å²) in [7, 11) is 0. The number of ether oxygens (including phenoxy) is 1. The van der Waals surface area contributed by atoms with Gasteiger partial charge in [0.2, 0.25) is 0 Å². The van der Waals surface area contributed by atoms with Gasteiger partial charge in [0.05, 0.1) is 12.6 Å². The van der Waals surface area contributed by atoms with Crippen molar-refractivity contribution in [1.29, 1.82) is 0 Å². The van der Waals surface area contributed by atoms with E-state index in [1.165, 1.54) is 17.7 Å². The van der Waals surface area contributed by atoms with Crippen molar-refractivity contribution in [3.8, 4) is 0 Å². The first kappa shape index (κ1) is 14.3. The zero-order valence-electron chi connectivity index (χ0n) is 11.8. The molecule has 0 saturated carbocycles. The highest BCUT2D eigenvalue weighted by Gasteiger charge is 2.17. The molecule has 1 N–H and O–H groups in total. The number of allylic oxidation sites excluding steroid dienone is 4. The van der Waals surface area contributed by atoms with Crippen molar-refractivity contribution in [1.82, 2.24) is 5.32 Å². The van der Waals surface area contributed by atoms with E-state index >= 15 is 0 Å². The van der Waals surface area contributed by atoms with Crippen molar-refractivity contribution < 1.29 is 4.74 Å². The van der Waals surface area contributed by atoms with Gasteiger partial charge in [0.1, 0.15) is 0 Å². The predicted molar refractivity (Wildman–Crippen MR) is 73.9 cm³/mol. The summed E-state index contributed by atoms with van der Waals surface area (Å²) >= 11 is 0. The molecule has 0 aromatic heterocycles. The van der Waals surface area contributed by atoms with Crippen LogP contribution in [-0.2, 0) is 4.74 Å². The average Bonchev–Trinajstić information content (AvgIpc) is 2.78. The third-order valence-electron chi connectivity index (χ3n) is 3.11. The first-order chi connectivity index (χ1) is 8.15. The molecule has 1 unspecified atom stereocenters. The van der Waals surface area contributed by atoms with Gasteiger partial charge in [0, 0.05) is 12.3 Å². The van der Waals surface area contributed by atoms with Crippen molar-refractivity contribution in [2.45, 2.75) is 53.0 Å². The van der Waals surface area contributed by atoms with Gasteiger partial charge in [-0.3, -0.25) is 0 Å². The minimum absolute atomic E-state index is 0.502. The quantitative estimate of drug-likeness (QED) is 0.712. The van der Waals surface area contributed by atoms with E-state index < -0.39 is 0 Å². The van der Waals surface area contributed by atoms with Crippen LogP contribution in [0.15, 0.2) is 23.4 Å². The van der Waals surface area contributed by atoms with Crippen LogP contribution in [0.1, 0.15) is 47.0 Å². The predicted octanol–water partition coefficient (Wildman–Crippen LogP) is 3.65. The average molecular weight is 237 g/mol. The topological polar surface area (TPSA) is 21.3 Å². The number of rotatable bonds is 6. The Hall–Kier alpha value is -0.760. The monoisotopic (exact) mass is 237 g/mol. The van der Waals surface area contributed by atoms with E-state index in [-0.39, 0.29) is 0 Å². The summed E-state index contributed by atoms with van der Waals surface area (Å²) in [6.07, 6.45) is 8.02. The Kier molecular flexibility index (Phi) is 6.35. The van der Waals surface area contributed by atoms with Gasteiger partial charge >= 0.3 is 0 Å². The molecule has 2 heteroatoms. The van der Waals surface area contributed by atoms with E-state index in [1.54, 1.807) is 0 Å². The molecule has 0 spiro atoms. The lowest BCUT2D eigenvalue weighted by Crippen LogP contribution is -2.31. The Bertz CT molecular complexity index is 273. The van der Waals surface area contributed by atoms with E-state index in [2.05, 4.69) is 45.2 Å². The second-order valence-electron chi connectivity index (χ2n) is 5.15. The molecular formula is C15H27NO. The van der Waals surface area contributed by atoms with Crippen molar-refractivity contribution in [2.24, 2.45) is 5.92 Å². The molecule has 0 aromatic carbocycles. The molecule has 2 nitrogen and oxygen atoms in total. The lowest BCUT2D eigenvalue weighted by Gasteiger charge is -2.21. The Morgan fingerprint density at radius 3 is 2.76 bits per heavy atom. The van der Waals surface area contributed by atoms with Gasteiger partial charge < -0.3 is 10.1 Å². The summed E-state index contributed by atoms with van der Waals surface area (Å²) in [5, 5.41) is 3.65. The summed E-state index contributed by atoms with van der Waals surface area (Å²) in [5.74, 6) is 0.543. The molecule has 1 heterocycles. The second-order valence-corrected chi connectivity index (χ2v) is 5.15. The highest BCUT2D eigenvalue weighted by molar-refractivity contribution is 5.24. The largest absolute Gasteiger partial charge is 0.383 e. The van der Waals surface area contributed by atoms with Crippen LogP contribution < -0.4 is 5.32 Å². The maximum absolute atomic E-state index is 5.41. The van der Waals surface area contributed by atoms with Gasteiger partial charge in [-0.2, -0.15) is 0 Å². The van der Waals surface area contributed by atoms with Gasteiger partial charge in [-0.05, 0) is 31.3 Å². The number of hydrogen-bond acceptors (Lipinski definition) is 2. The lowest BCUT2D eigenvalue weighted by atomic mass is 10.0. The Balaban J connectivity index is 2.64. The van der Waals surface area contributed by atoms with Crippen molar-refractivity contribution in [3.05, 3.63) is 23.4 Å². The van der Waals surface area contributed by atoms with Gasteiger partial charge in [-0.1, -0.05) is 39.3 Å². The van der Waals surface area contributed by atoms with Crippen LogP contribution in [0.4, 0.5) is 0 Å². The molecule has 1 saturated heterocycles. The van der Waals surface area contributed by atoms with Crippen LogP contribution in [0.2, 0.25) is 0 Å².